The van der Waals surface area contributed by atoms with Crippen molar-refractivity contribution in [1.82, 2.24) is 14.2 Å². The Labute approximate surface area is 162 Å². The molecule has 2 heterocycles. The molecule has 2 aromatic rings. The molecular weight excluding hydrogens is 385 g/mol. The molecule has 0 spiro atoms. The van der Waals surface area contributed by atoms with Crippen LogP contribution < -0.4 is 10.3 Å². The fraction of sp³-hybridized carbons (Fsp3) is 0.368. The minimum absolute atomic E-state index is 0.0707. The van der Waals surface area contributed by atoms with E-state index in [1.807, 2.05) is 0 Å². The number of rotatable bonds is 4. The molecule has 7 nitrogen and oxygen atoms in total. The van der Waals surface area contributed by atoms with Gasteiger partial charge < -0.3 is 4.90 Å². The lowest BCUT2D eigenvalue weighted by molar-refractivity contribution is 0.0708. The number of aromatic nitrogens is 1. The van der Waals surface area contributed by atoms with Crippen molar-refractivity contribution >= 4 is 15.9 Å². The quantitative estimate of drug-likeness (QED) is 0.831. The van der Waals surface area contributed by atoms with Crippen LogP contribution in [0.5, 0.6) is 0 Å². The number of hydrogen-bond donors (Lipinski definition) is 1. The molecule has 1 aromatic carbocycles. The Balaban J connectivity index is 1.84. The first-order chi connectivity index (χ1) is 13.2. The van der Waals surface area contributed by atoms with Crippen LogP contribution in [-0.2, 0) is 10.0 Å². The first kappa shape index (κ1) is 20.2. The van der Waals surface area contributed by atoms with Crippen molar-refractivity contribution in [3.63, 3.8) is 0 Å². The number of pyridine rings is 1. The van der Waals surface area contributed by atoms with Crippen LogP contribution in [0.4, 0.5) is 4.39 Å². The van der Waals surface area contributed by atoms with Crippen LogP contribution in [0.25, 0.3) is 5.69 Å². The molecule has 0 unspecified atom stereocenters. The average Bonchev–Trinajstić information content (AvgIpc) is 2.62. The minimum Gasteiger partial charge on any atom is -0.338 e. The number of amides is 1. The van der Waals surface area contributed by atoms with Crippen molar-refractivity contribution in [2.45, 2.75) is 25.8 Å². The van der Waals surface area contributed by atoms with Crippen molar-refractivity contribution in [2.75, 3.05) is 19.3 Å². The zero-order valence-electron chi connectivity index (χ0n) is 15.7. The van der Waals surface area contributed by atoms with Crippen molar-refractivity contribution in [2.24, 2.45) is 0 Å². The van der Waals surface area contributed by atoms with Crippen molar-refractivity contribution in [1.29, 1.82) is 0 Å². The van der Waals surface area contributed by atoms with Crippen LogP contribution in [0, 0.1) is 12.7 Å². The molecule has 1 saturated heterocycles. The highest BCUT2D eigenvalue weighted by atomic mass is 32.2. The molecule has 1 aliphatic rings. The predicted octanol–water partition coefficient (Wildman–Crippen LogP) is 1.44. The van der Waals surface area contributed by atoms with E-state index in [0.717, 1.165) is 6.26 Å². The van der Waals surface area contributed by atoms with E-state index in [9.17, 15) is 22.4 Å². The Morgan fingerprint density at radius 2 is 1.75 bits per heavy atom. The molecule has 150 valence electrons. The lowest BCUT2D eigenvalue weighted by Gasteiger charge is -2.32. The van der Waals surface area contributed by atoms with Crippen molar-refractivity contribution in [3.05, 3.63) is 63.8 Å². The average molecular weight is 407 g/mol. The van der Waals surface area contributed by atoms with Gasteiger partial charge in [0.15, 0.2) is 0 Å². The molecule has 1 amide bonds. The maximum absolute atomic E-state index is 13.2. The van der Waals surface area contributed by atoms with E-state index in [1.54, 1.807) is 24.1 Å². The van der Waals surface area contributed by atoms with Gasteiger partial charge in [-0.3, -0.25) is 14.2 Å². The normalized spacial score (nSPS) is 15.6. The lowest BCUT2D eigenvalue weighted by Crippen LogP contribution is -2.47. The summed E-state index contributed by atoms with van der Waals surface area (Å²) in [4.78, 5) is 27.5. The van der Waals surface area contributed by atoms with Gasteiger partial charge in [0.05, 0.1) is 6.26 Å². The topological polar surface area (TPSA) is 88.5 Å². The zero-order chi connectivity index (χ0) is 20.5. The third-order valence-electron chi connectivity index (χ3n) is 4.78. The second-order valence-corrected chi connectivity index (χ2v) is 8.76. The molecule has 28 heavy (non-hydrogen) atoms. The van der Waals surface area contributed by atoms with Gasteiger partial charge in [-0.25, -0.2) is 17.5 Å². The Kier molecular flexibility index (Phi) is 5.66. The number of halogens is 1. The van der Waals surface area contributed by atoms with E-state index in [1.165, 1.54) is 28.8 Å². The highest BCUT2D eigenvalue weighted by Gasteiger charge is 2.28. The number of aryl methyl sites for hydroxylation is 1. The number of carbonyl (C=O) groups is 1. The molecule has 1 N–H and O–H groups in total. The summed E-state index contributed by atoms with van der Waals surface area (Å²) in [6.45, 7) is 2.41. The molecular formula is C19H22FN3O4S. The number of hydrogen-bond acceptors (Lipinski definition) is 4. The number of nitrogens with zero attached hydrogens (tertiary/aromatic N) is 2. The molecule has 0 aliphatic carbocycles. The summed E-state index contributed by atoms with van der Waals surface area (Å²) in [7, 11) is -3.30. The molecule has 1 aliphatic heterocycles. The summed E-state index contributed by atoms with van der Waals surface area (Å²) in [5.74, 6) is -0.789. The SMILES string of the molecule is Cc1ccn(-c2ccc(F)cc2)c(=O)c1C(=O)N1CCC(NS(C)(=O)=O)CC1. The van der Waals surface area contributed by atoms with E-state index in [0.29, 0.717) is 37.2 Å². The van der Waals surface area contributed by atoms with Gasteiger partial charge in [0.2, 0.25) is 10.0 Å². The molecule has 0 atom stereocenters. The lowest BCUT2D eigenvalue weighted by atomic mass is 10.0. The van der Waals surface area contributed by atoms with Crippen LogP contribution in [0.15, 0.2) is 41.3 Å². The molecule has 0 saturated carbocycles. The zero-order valence-corrected chi connectivity index (χ0v) is 16.5. The molecule has 1 aromatic heterocycles. The standard InChI is InChI=1S/C19H22FN3O4S/c1-13-7-12-23(16-5-3-14(20)4-6-16)19(25)17(13)18(24)22-10-8-15(9-11-22)21-28(2,26)27/h3-7,12,15,21H,8-11H2,1-2H3. The minimum atomic E-state index is -3.30. The molecule has 0 bridgehead atoms. The van der Waals surface area contributed by atoms with E-state index >= 15 is 0 Å². The monoisotopic (exact) mass is 407 g/mol. The fourth-order valence-corrected chi connectivity index (χ4v) is 4.19. The van der Waals surface area contributed by atoms with Gasteiger partial charge in [0.25, 0.3) is 11.5 Å². The smallest absolute Gasteiger partial charge is 0.268 e. The Hall–Kier alpha value is -2.52. The van der Waals surface area contributed by atoms with Crippen LogP contribution in [0.3, 0.4) is 0 Å². The molecule has 0 radical (unpaired) electrons. The van der Waals surface area contributed by atoms with E-state index < -0.39 is 21.4 Å². The summed E-state index contributed by atoms with van der Waals surface area (Å²) in [5.41, 5.74) is 0.635. The Morgan fingerprint density at radius 1 is 1.14 bits per heavy atom. The summed E-state index contributed by atoms with van der Waals surface area (Å²) in [5, 5.41) is 0. The van der Waals surface area contributed by atoms with E-state index in [4.69, 9.17) is 0 Å². The number of likely N-dealkylation sites (tertiary alicyclic amines) is 1. The van der Waals surface area contributed by atoms with Crippen LogP contribution in [0.1, 0.15) is 28.8 Å². The second kappa shape index (κ2) is 7.84. The summed E-state index contributed by atoms with van der Waals surface area (Å²) in [6, 6.07) is 6.92. The van der Waals surface area contributed by atoms with Crippen LogP contribution in [-0.4, -0.2) is 49.2 Å². The highest BCUT2D eigenvalue weighted by Crippen LogP contribution is 2.16. The highest BCUT2D eigenvalue weighted by molar-refractivity contribution is 7.88. The van der Waals surface area contributed by atoms with Crippen molar-refractivity contribution < 1.29 is 17.6 Å². The van der Waals surface area contributed by atoms with E-state index in [-0.39, 0.29) is 17.5 Å². The first-order valence-corrected chi connectivity index (χ1v) is 10.8. The van der Waals surface area contributed by atoms with Gasteiger partial charge in [-0.2, -0.15) is 0 Å². The van der Waals surface area contributed by atoms with Gasteiger partial charge in [0, 0.05) is 31.0 Å². The summed E-state index contributed by atoms with van der Waals surface area (Å²) < 4.78 is 39.8. The van der Waals surface area contributed by atoms with Gasteiger partial charge in [-0.05, 0) is 55.7 Å². The number of benzene rings is 1. The third-order valence-corrected chi connectivity index (χ3v) is 5.54. The van der Waals surface area contributed by atoms with Crippen LogP contribution in [0.2, 0.25) is 0 Å². The predicted molar refractivity (Wildman–Crippen MR) is 104 cm³/mol. The fourth-order valence-electron chi connectivity index (χ4n) is 3.35. The number of sulfonamides is 1. The number of piperidine rings is 1. The Bertz CT molecular complexity index is 1040. The van der Waals surface area contributed by atoms with Crippen molar-refractivity contribution in [3.8, 4) is 5.69 Å². The number of carbonyl (C=O) groups excluding carboxylic acids is 1. The van der Waals surface area contributed by atoms with Gasteiger partial charge in [-0.15, -0.1) is 0 Å². The van der Waals surface area contributed by atoms with Gasteiger partial charge in [-0.1, -0.05) is 0 Å². The Morgan fingerprint density at radius 3 is 2.32 bits per heavy atom. The first-order valence-electron chi connectivity index (χ1n) is 8.90. The second-order valence-electron chi connectivity index (χ2n) is 6.98. The third kappa shape index (κ3) is 4.48. The largest absolute Gasteiger partial charge is 0.338 e. The van der Waals surface area contributed by atoms with E-state index in [2.05, 4.69) is 4.72 Å². The van der Waals surface area contributed by atoms with Crippen LogP contribution >= 0.6 is 0 Å². The number of nitrogens with one attached hydrogen (secondary N) is 1. The van der Waals surface area contributed by atoms with Gasteiger partial charge in [0.1, 0.15) is 11.4 Å². The summed E-state index contributed by atoms with van der Waals surface area (Å²) >= 11 is 0. The molecule has 1 fully saturated rings. The van der Waals surface area contributed by atoms with Gasteiger partial charge >= 0.3 is 0 Å². The maximum Gasteiger partial charge on any atom is 0.268 e. The molecule has 9 heteroatoms. The maximum atomic E-state index is 13.2. The molecule has 3 rings (SSSR count). The summed E-state index contributed by atoms with van der Waals surface area (Å²) in [6.07, 6.45) is 3.63.